The highest BCUT2D eigenvalue weighted by Crippen LogP contribution is 2.11. The van der Waals surface area contributed by atoms with Gasteiger partial charge in [0.05, 0.1) is 5.57 Å². The van der Waals surface area contributed by atoms with Gasteiger partial charge in [-0.1, -0.05) is 30.3 Å². The van der Waals surface area contributed by atoms with E-state index in [2.05, 4.69) is 11.5 Å². The van der Waals surface area contributed by atoms with Crippen LogP contribution in [-0.4, -0.2) is 19.1 Å². The number of nitrogens with zero attached hydrogens (tertiary/aromatic N) is 2. The predicted molar refractivity (Wildman–Crippen MR) is 56.9 cm³/mol. The lowest BCUT2D eigenvalue weighted by atomic mass is 10.1. The first-order valence-electron chi connectivity index (χ1n) is 4.33. The van der Waals surface area contributed by atoms with Crippen LogP contribution >= 0.6 is 0 Å². The standard InChI is InChI=1S/C11H13N3/c1-14(2)13-9-11(8-12)10-6-4-3-5-7-10/h3-7,9,13H,1-2H3/b11-9+. The number of benzene rings is 1. The first-order valence-corrected chi connectivity index (χ1v) is 4.33. The number of nitrogens with one attached hydrogen (secondary N) is 1. The van der Waals surface area contributed by atoms with Crippen molar-refractivity contribution in [1.29, 1.82) is 5.26 Å². The maximum absolute atomic E-state index is 8.92. The summed E-state index contributed by atoms with van der Waals surface area (Å²) in [6.07, 6.45) is 1.69. The molecule has 0 heterocycles. The van der Waals surface area contributed by atoms with Gasteiger partial charge >= 0.3 is 0 Å². The van der Waals surface area contributed by atoms with Crippen molar-refractivity contribution >= 4 is 5.57 Å². The van der Waals surface area contributed by atoms with Gasteiger partial charge in [0.1, 0.15) is 6.07 Å². The normalized spacial score (nSPS) is 11.1. The molecule has 72 valence electrons. The lowest BCUT2D eigenvalue weighted by Crippen LogP contribution is -2.25. The van der Waals surface area contributed by atoms with Crippen LogP contribution in [0.1, 0.15) is 5.56 Å². The minimum Gasteiger partial charge on any atom is -0.325 e. The van der Waals surface area contributed by atoms with E-state index in [0.717, 1.165) is 5.56 Å². The van der Waals surface area contributed by atoms with Crippen molar-refractivity contribution in [1.82, 2.24) is 10.4 Å². The molecule has 0 unspecified atom stereocenters. The van der Waals surface area contributed by atoms with Gasteiger partial charge in [0.2, 0.25) is 0 Å². The van der Waals surface area contributed by atoms with E-state index in [1.807, 2.05) is 44.4 Å². The maximum Gasteiger partial charge on any atom is 0.101 e. The second-order valence-electron chi connectivity index (χ2n) is 3.06. The average Bonchev–Trinajstić information content (AvgIpc) is 2.20. The molecule has 0 aromatic heterocycles. The Bertz CT molecular complexity index is 347. The third kappa shape index (κ3) is 2.92. The highest BCUT2D eigenvalue weighted by Gasteiger charge is 1.97. The molecule has 3 heteroatoms. The summed E-state index contributed by atoms with van der Waals surface area (Å²) in [6, 6.07) is 11.7. The zero-order valence-electron chi connectivity index (χ0n) is 8.36. The van der Waals surface area contributed by atoms with Gasteiger partial charge in [0, 0.05) is 20.3 Å². The van der Waals surface area contributed by atoms with Crippen LogP contribution in [0.2, 0.25) is 0 Å². The number of hydrogen-bond acceptors (Lipinski definition) is 3. The zero-order valence-corrected chi connectivity index (χ0v) is 8.36. The predicted octanol–water partition coefficient (Wildman–Crippen LogP) is 1.62. The SMILES string of the molecule is CN(C)N/C=C(\C#N)c1ccccc1. The minimum absolute atomic E-state index is 0.624. The third-order valence-electron chi connectivity index (χ3n) is 1.67. The summed E-state index contributed by atoms with van der Waals surface area (Å²) in [4.78, 5) is 0. The molecule has 1 N–H and O–H groups in total. The topological polar surface area (TPSA) is 39.1 Å². The zero-order chi connectivity index (χ0) is 10.4. The Balaban J connectivity index is 2.84. The molecule has 0 radical (unpaired) electrons. The molecule has 0 aliphatic carbocycles. The van der Waals surface area contributed by atoms with Crippen molar-refractivity contribution in [2.24, 2.45) is 0 Å². The molecule has 0 aliphatic heterocycles. The van der Waals surface area contributed by atoms with E-state index in [4.69, 9.17) is 5.26 Å². The molecule has 1 rings (SSSR count). The van der Waals surface area contributed by atoms with Crippen LogP contribution in [-0.2, 0) is 0 Å². The second-order valence-corrected chi connectivity index (χ2v) is 3.06. The van der Waals surface area contributed by atoms with Gasteiger partial charge in [-0.25, -0.2) is 5.01 Å². The van der Waals surface area contributed by atoms with Gasteiger partial charge in [0.25, 0.3) is 0 Å². The molecule has 0 bridgehead atoms. The molecule has 0 saturated heterocycles. The van der Waals surface area contributed by atoms with Gasteiger partial charge in [-0.3, -0.25) is 0 Å². The molecule has 0 saturated carbocycles. The van der Waals surface area contributed by atoms with E-state index in [1.54, 1.807) is 11.2 Å². The summed E-state index contributed by atoms with van der Waals surface area (Å²) < 4.78 is 0. The fourth-order valence-corrected chi connectivity index (χ4v) is 0.992. The summed E-state index contributed by atoms with van der Waals surface area (Å²) in [6.45, 7) is 0. The minimum atomic E-state index is 0.624. The highest BCUT2D eigenvalue weighted by molar-refractivity contribution is 5.76. The molecule has 3 nitrogen and oxygen atoms in total. The summed E-state index contributed by atoms with van der Waals surface area (Å²) >= 11 is 0. The number of hydrazine groups is 1. The summed E-state index contributed by atoms with van der Waals surface area (Å²) in [5.74, 6) is 0. The number of nitriles is 1. The molecule has 14 heavy (non-hydrogen) atoms. The monoisotopic (exact) mass is 187 g/mol. The fourth-order valence-electron chi connectivity index (χ4n) is 0.992. The maximum atomic E-state index is 8.92. The van der Waals surface area contributed by atoms with Gasteiger partial charge in [-0.15, -0.1) is 0 Å². The Morgan fingerprint density at radius 2 is 2.00 bits per heavy atom. The van der Waals surface area contributed by atoms with Gasteiger partial charge in [0.15, 0.2) is 0 Å². The van der Waals surface area contributed by atoms with Crippen LogP contribution in [0.5, 0.6) is 0 Å². The Hall–Kier alpha value is -1.79. The molecular weight excluding hydrogens is 174 g/mol. The Kier molecular flexibility index (Phi) is 3.71. The fraction of sp³-hybridized carbons (Fsp3) is 0.182. The Labute approximate surface area is 84.2 Å². The molecule has 1 aromatic rings. The second kappa shape index (κ2) is 5.05. The van der Waals surface area contributed by atoms with Gasteiger partial charge < -0.3 is 5.43 Å². The summed E-state index contributed by atoms with van der Waals surface area (Å²) in [7, 11) is 3.74. The van der Waals surface area contributed by atoms with Crippen molar-refractivity contribution in [3.05, 3.63) is 42.1 Å². The summed E-state index contributed by atoms with van der Waals surface area (Å²) in [5.41, 5.74) is 4.49. The lowest BCUT2D eigenvalue weighted by Gasteiger charge is -2.09. The number of hydrogen-bond donors (Lipinski definition) is 1. The van der Waals surface area contributed by atoms with Crippen LogP contribution in [0, 0.1) is 11.3 Å². The van der Waals surface area contributed by atoms with E-state index in [0.29, 0.717) is 5.57 Å². The first kappa shape index (κ1) is 10.3. The van der Waals surface area contributed by atoms with E-state index in [-0.39, 0.29) is 0 Å². The molecule has 0 aliphatic rings. The van der Waals surface area contributed by atoms with Crippen LogP contribution in [0.15, 0.2) is 36.5 Å². The molecule has 0 atom stereocenters. The lowest BCUT2D eigenvalue weighted by molar-refractivity contribution is 0.343. The van der Waals surface area contributed by atoms with Gasteiger partial charge in [-0.05, 0) is 5.56 Å². The quantitative estimate of drug-likeness (QED) is 0.577. The van der Waals surface area contributed by atoms with Crippen LogP contribution in [0.3, 0.4) is 0 Å². The van der Waals surface area contributed by atoms with Crippen molar-refractivity contribution in [2.75, 3.05) is 14.1 Å². The Morgan fingerprint density at radius 1 is 1.36 bits per heavy atom. The van der Waals surface area contributed by atoms with Crippen molar-refractivity contribution in [3.63, 3.8) is 0 Å². The third-order valence-corrected chi connectivity index (χ3v) is 1.67. The van der Waals surface area contributed by atoms with Crippen LogP contribution in [0.4, 0.5) is 0 Å². The van der Waals surface area contributed by atoms with Gasteiger partial charge in [-0.2, -0.15) is 5.26 Å². The number of rotatable bonds is 3. The van der Waals surface area contributed by atoms with E-state index >= 15 is 0 Å². The first-order chi connectivity index (χ1) is 6.74. The van der Waals surface area contributed by atoms with Crippen LogP contribution < -0.4 is 5.43 Å². The molecule has 0 amide bonds. The molecule has 0 fully saturated rings. The molecule has 0 spiro atoms. The largest absolute Gasteiger partial charge is 0.325 e. The van der Waals surface area contributed by atoms with Crippen LogP contribution in [0.25, 0.3) is 5.57 Å². The smallest absolute Gasteiger partial charge is 0.101 e. The van der Waals surface area contributed by atoms with E-state index in [1.165, 1.54) is 0 Å². The Morgan fingerprint density at radius 3 is 2.50 bits per heavy atom. The van der Waals surface area contributed by atoms with Crippen molar-refractivity contribution < 1.29 is 0 Å². The van der Waals surface area contributed by atoms with E-state index in [9.17, 15) is 0 Å². The highest BCUT2D eigenvalue weighted by atomic mass is 15.5. The van der Waals surface area contributed by atoms with Crippen molar-refractivity contribution in [2.45, 2.75) is 0 Å². The average molecular weight is 187 g/mol. The van der Waals surface area contributed by atoms with Crippen molar-refractivity contribution in [3.8, 4) is 6.07 Å². The molecule has 1 aromatic carbocycles. The number of allylic oxidation sites excluding steroid dienone is 1. The molecular formula is C11H13N3. The van der Waals surface area contributed by atoms with E-state index < -0.39 is 0 Å². The summed E-state index contributed by atoms with van der Waals surface area (Å²) in [5, 5.41) is 10.7.